The number of aliphatic hydroxyl groups is 2. The Morgan fingerprint density at radius 2 is 1.78 bits per heavy atom. The maximum atomic E-state index is 8.00. The van der Waals surface area contributed by atoms with Gasteiger partial charge in [-0.05, 0) is 7.05 Å². The van der Waals surface area contributed by atoms with Crippen molar-refractivity contribution in [1.82, 2.24) is 5.32 Å². The van der Waals surface area contributed by atoms with Gasteiger partial charge in [-0.3, -0.25) is 0 Å². The zero-order valence-electron chi connectivity index (χ0n) is 5.80. The molecule has 0 amide bonds. The third kappa shape index (κ3) is 33.2. The van der Waals surface area contributed by atoms with E-state index in [1.807, 2.05) is 0 Å². The molecule has 0 fully saturated rings. The molecule has 0 radical (unpaired) electrons. The maximum absolute atomic E-state index is 8.00. The van der Waals surface area contributed by atoms with E-state index in [0.717, 1.165) is 0 Å². The fraction of sp³-hybridized carbons (Fsp3) is 1.00. The van der Waals surface area contributed by atoms with Gasteiger partial charge >= 0.3 is 0 Å². The number of rotatable bonds is 3. The smallest absolute Gasteiger partial charge is 0.0555 e. The topological polar surface area (TPSA) is 78.5 Å². The van der Waals surface area contributed by atoms with Crippen molar-refractivity contribution < 1.29 is 10.2 Å². The molecule has 0 unspecified atom stereocenters. The Labute approximate surface area is 55.7 Å². The minimum absolute atomic E-state index is 0.0972. The molecule has 0 bridgehead atoms. The van der Waals surface area contributed by atoms with Gasteiger partial charge in [0, 0.05) is 13.1 Å². The van der Waals surface area contributed by atoms with Crippen molar-refractivity contribution in [3.05, 3.63) is 0 Å². The third-order valence-electron chi connectivity index (χ3n) is 0.491. The first kappa shape index (κ1) is 11.6. The molecule has 0 saturated carbocycles. The summed E-state index contributed by atoms with van der Waals surface area (Å²) in [6, 6.07) is 0. The van der Waals surface area contributed by atoms with Crippen LogP contribution in [0.3, 0.4) is 0 Å². The fourth-order valence-electron chi connectivity index (χ4n) is 0.112. The van der Waals surface area contributed by atoms with E-state index in [1.165, 1.54) is 0 Å². The number of hydrogen-bond donors (Lipinski definition) is 4. The number of nitrogens with two attached hydrogens (primary N) is 1. The lowest BCUT2D eigenvalue weighted by atomic mass is 10.7. The zero-order valence-corrected chi connectivity index (χ0v) is 5.80. The highest BCUT2D eigenvalue weighted by Gasteiger charge is 1.65. The van der Waals surface area contributed by atoms with Gasteiger partial charge in [-0.1, -0.05) is 0 Å². The summed E-state index contributed by atoms with van der Waals surface area (Å²) in [5.74, 6) is 0. The molecular formula is C5H16N2O2. The third-order valence-corrected chi connectivity index (χ3v) is 0.491. The van der Waals surface area contributed by atoms with Gasteiger partial charge in [0.05, 0.1) is 13.2 Å². The first-order chi connectivity index (χ1) is 4.33. The standard InChI is InChI=1S/C3H9NO.C2H7NO/c1-4-2-3-5;3-1-2-4/h4-5H,2-3H2,1H3;4H,1-3H2. The molecule has 0 rings (SSSR count). The highest BCUT2D eigenvalue weighted by molar-refractivity contribution is 4.27. The Balaban J connectivity index is 0. The highest BCUT2D eigenvalue weighted by atomic mass is 16.3. The second kappa shape index (κ2) is 15.7. The highest BCUT2D eigenvalue weighted by Crippen LogP contribution is 1.42. The van der Waals surface area contributed by atoms with Gasteiger partial charge in [-0.25, -0.2) is 0 Å². The van der Waals surface area contributed by atoms with Crippen molar-refractivity contribution >= 4 is 0 Å². The molecule has 0 heterocycles. The minimum Gasteiger partial charge on any atom is -0.395 e. The summed E-state index contributed by atoms with van der Waals surface area (Å²) in [6.45, 7) is 1.40. The van der Waals surface area contributed by atoms with E-state index in [-0.39, 0.29) is 13.2 Å². The van der Waals surface area contributed by atoms with Gasteiger partial charge < -0.3 is 21.3 Å². The number of aliphatic hydroxyl groups excluding tert-OH is 2. The normalized spacial score (nSPS) is 8.00. The van der Waals surface area contributed by atoms with Crippen molar-refractivity contribution in [3.63, 3.8) is 0 Å². The molecule has 0 aliphatic rings. The summed E-state index contributed by atoms with van der Waals surface area (Å²) < 4.78 is 0. The van der Waals surface area contributed by atoms with E-state index in [4.69, 9.17) is 15.9 Å². The van der Waals surface area contributed by atoms with E-state index < -0.39 is 0 Å². The second-order valence-corrected chi connectivity index (χ2v) is 1.34. The van der Waals surface area contributed by atoms with Crippen LogP contribution in [0.25, 0.3) is 0 Å². The largest absolute Gasteiger partial charge is 0.395 e. The minimum atomic E-state index is 0.0972. The molecule has 0 saturated heterocycles. The summed E-state index contributed by atoms with van der Waals surface area (Å²) in [6.07, 6.45) is 0. The Kier molecular flexibility index (Phi) is 20.2. The summed E-state index contributed by atoms with van der Waals surface area (Å²) in [5.41, 5.74) is 4.78. The first-order valence-corrected chi connectivity index (χ1v) is 2.89. The second-order valence-electron chi connectivity index (χ2n) is 1.34. The molecule has 0 aliphatic heterocycles. The Bertz CT molecular complexity index is 32.1. The molecule has 0 aromatic heterocycles. The van der Waals surface area contributed by atoms with E-state index in [2.05, 4.69) is 5.32 Å². The molecule has 9 heavy (non-hydrogen) atoms. The van der Waals surface area contributed by atoms with Gasteiger partial charge in [0.2, 0.25) is 0 Å². The summed E-state index contributed by atoms with van der Waals surface area (Å²) >= 11 is 0. The van der Waals surface area contributed by atoms with Crippen LogP contribution in [0.2, 0.25) is 0 Å². The predicted molar refractivity (Wildman–Crippen MR) is 37.2 cm³/mol. The number of nitrogens with one attached hydrogen (secondary N) is 1. The molecule has 0 atom stereocenters. The predicted octanol–water partition coefficient (Wildman–Crippen LogP) is -1.86. The van der Waals surface area contributed by atoms with Crippen LogP contribution in [-0.2, 0) is 0 Å². The van der Waals surface area contributed by atoms with Crippen LogP contribution >= 0.6 is 0 Å². The average Bonchev–Trinajstić information content (AvgIpc) is 1.91. The molecule has 4 heteroatoms. The lowest BCUT2D eigenvalue weighted by Crippen LogP contribution is -2.10. The van der Waals surface area contributed by atoms with Crippen molar-refractivity contribution in [2.45, 2.75) is 0 Å². The molecule has 0 aliphatic carbocycles. The van der Waals surface area contributed by atoms with Crippen LogP contribution in [0.5, 0.6) is 0 Å². The Morgan fingerprint density at radius 3 is 1.78 bits per heavy atom. The summed E-state index contributed by atoms with van der Waals surface area (Å²) in [7, 11) is 1.80. The van der Waals surface area contributed by atoms with Gasteiger partial charge in [-0.2, -0.15) is 0 Å². The molecule has 58 valence electrons. The monoisotopic (exact) mass is 136 g/mol. The van der Waals surface area contributed by atoms with Crippen LogP contribution in [0, 0.1) is 0 Å². The summed E-state index contributed by atoms with van der Waals surface area (Å²) in [4.78, 5) is 0. The van der Waals surface area contributed by atoms with Gasteiger partial charge in [0.15, 0.2) is 0 Å². The van der Waals surface area contributed by atoms with Gasteiger partial charge in [-0.15, -0.1) is 0 Å². The van der Waals surface area contributed by atoms with Crippen LogP contribution in [0.4, 0.5) is 0 Å². The van der Waals surface area contributed by atoms with Crippen molar-refractivity contribution in [2.24, 2.45) is 5.73 Å². The number of hydrogen-bond acceptors (Lipinski definition) is 4. The molecule has 0 spiro atoms. The quantitative estimate of drug-likeness (QED) is 0.367. The lowest BCUT2D eigenvalue weighted by Gasteiger charge is -1.84. The Hall–Kier alpha value is -0.160. The Morgan fingerprint density at radius 1 is 1.33 bits per heavy atom. The summed E-state index contributed by atoms with van der Waals surface area (Å²) in [5, 5.41) is 18.5. The van der Waals surface area contributed by atoms with Crippen molar-refractivity contribution in [2.75, 3.05) is 33.4 Å². The van der Waals surface area contributed by atoms with Crippen molar-refractivity contribution in [1.29, 1.82) is 0 Å². The molecular weight excluding hydrogens is 120 g/mol. The van der Waals surface area contributed by atoms with Crippen LogP contribution in [0.1, 0.15) is 0 Å². The van der Waals surface area contributed by atoms with E-state index in [9.17, 15) is 0 Å². The van der Waals surface area contributed by atoms with E-state index in [1.54, 1.807) is 7.05 Å². The fourth-order valence-corrected chi connectivity index (χ4v) is 0.112. The van der Waals surface area contributed by atoms with Crippen LogP contribution in [-0.4, -0.2) is 43.6 Å². The van der Waals surface area contributed by atoms with Gasteiger partial charge in [0.25, 0.3) is 0 Å². The van der Waals surface area contributed by atoms with Crippen LogP contribution in [0.15, 0.2) is 0 Å². The maximum Gasteiger partial charge on any atom is 0.0555 e. The SMILES string of the molecule is CNCCO.NCCO. The van der Waals surface area contributed by atoms with E-state index >= 15 is 0 Å². The molecule has 4 nitrogen and oxygen atoms in total. The van der Waals surface area contributed by atoms with E-state index in [0.29, 0.717) is 13.1 Å². The lowest BCUT2D eigenvalue weighted by molar-refractivity contribution is 0.296. The van der Waals surface area contributed by atoms with Crippen LogP contribution < -0.4 is 11.1 Å². The average molecular weight is 136 g/mol. The molecule has 0 aromatic rings. The number of likely N-dealkylation sites (N-methyl/N-ethyl adjacent to an activating group) is 1. The van der Waals surface area contributed by atoms with Crippen molar-refractivity contribution in [3.8, 4) is 0 Å². The zero-order chi connectivity index (χ0) is 7.54. The van der Waals surface area contributed by atoms with Gasteiger partial charge in [0.1, 0.15) is 0 Å². The first-order valence-electron chi connectivity index (χ1n) is 2.89. The molecule has 5 N–H and O–H groups in total. The molecule has 0 aromatic carbocycles.